The number of hydrogen-bond donors (Lipinski definition) is 3. The summed E-state index contributed by atoms with van der Waals surface area (Å²) in [5.41, 5.74) is -1.04. The van der Waals surface area contributed by atoms with Gasteiger partial charge in [0.1, 0.15) is 11.4 Å². The average Bonchev–Trinajstić information content (AvgIpc) is 2.64. The standard InChI is InChI=1S/C23H26O4/c1-3-22-14-21(2,26)23(27,15-7-5-4-6-8-15)13-16(22)11-20(25)18-12-17(24)9-10-19(18)22/h4-10,12,16,24,26-27H,3,11,13-14H2,1-2H3/t16-,21-,22-,23-/m1/s1. The topological polar surface area (TPSA) is 77.8 Å². The molecule has 0 aliphatic heterocycles. The molecule has 142 valence electrons. The third-order valence-electron chi connectivity index (χ3n) is 7.03. The van der Waals surface area contributed by atoms with Crippen LogP contribution in [0.15, 0.2) is 48.5 Å². The molecule has 2 aromatic carbocycles. The van der Waals surface area contributed by atoms with Crippen molar-refractivity contribution in [1.82, 2.24) is 0 Å². The molecule has 0 heterocycles. The first-order valence-electron chi connectivity index (χ1n) is 9.60. The van der Waals surface area contributed by atoms with E-state index in [1.807, 2.05) is 36.4 Å². The van der Waals surface area contributed by atoms with Gasteiger partial charge in [-0.3, -0.25) is 4.79 Å². The van der Waals surface area contributed by atoms with E-state index in [0.717, 1.165) is 12.0 Å². The van der Waals surface area contributed by atoms with Crippen LogP contribution in [0, 0.1) is 5.92 Å². The molecule has 0 bridgehead atoms. The van der Waals surface area contributed by atoms with Gasteiger partial charge in [-0.05, 0) is 55.4 Å². The summed E-state index contributed by atoms with van der Waals surface area (Å²) in [6, 6.07) is 14.2. The minimum Gasteiger partial charge on any atom is -0.508 e. The van der Waals surface area contributed by atoms with Crippen molar-refractivity contribution in [3.8, 4) is 5.75 Å². The van der Waals surface area contributed by atoms with E-state index in [-0.39, 0.29) is 17.5 Å². The fraction of sp³-hybridized carbons (Fsp3) is 0.435. The van der Waals surface area contributed by atoms with Crippen LogP contribution in [0.3, 0.4) is 0 Å². The Labute approximate surface area is 159 Å². The average molecular weight is 366 g/mol. The molecule has 4 atom stereocenters. The van der Waals surface area contributed by atoms with Crippen LogP contribution in [-0.4, -0.2) is 26.7 Å². The summed E-state index contributed by atoms with van der Waals surface area (Å²) in [6.07, 6.45) is 1.75. The Morgan fingerprint density at radius 1 is 1.11 bits per heavy atom. The number of ketones is 1. The predicted molar refractivity (Wildman–Crippen MR) is 103 cm³/mol. The summed E-state index contributed by atoms with van der Waals surface area (Å²) in [7, 11) is 0. The fourth-order valence-electron chi connectivity index (χ4n) is 5.54. The Hall–Kier alpha value is -2.17. The van der Waals surface area contributed by atoms with E-state index in [9.17, 15) is 20.1 Å². The maximum Gasteiger partial charge on any atom is 0.163 e. The first-order chi connectivity index (χ1) is 12.7. The number of carbonyl (C=O) groups is 1. The Morgan fingerprint density at radius 3 is 2.48 bits per heavy atom. The van der Waals surface area contributed by atoms with Crippen LogP contribution in [0.4, 0.5) is 0 Å². The number of benzene rings is 2. The maximum absolute atomic E-state index is 12.8. The van der Waals surface area contributed by atoms with Crippen LogP contribution in [0.2, 0.25) is 0 Å². The predicted octanol–water partition coefficient (Wildman–Crippen LogP) is 3.68. The van der Waals surface area contributed by atoms with Crippen LogP contribution in [0.1, 0.15) is 61.0 Å². The third-order valence-corrected chi connectivity index (χ3v) is 7.03. The van der Waals surface area contributed by atoms with Crippen LogP contribution in [0.25, 0.3) is 0 Å². The van der Waals surface area contributed by atoms with Gasteiger partial charge in [-0.2, -0.15) is 0 Å². The molecule has 0 unspecified atom stereocenters. The summed E-state index contributed by atoms with van der Waals surface area (Å²) >= 11 is 0. The van der Waals surface area contributed by atoms with Crippen molar-refractivity contribution >= 4 is 5.78 Å². The molecule has 0 spiro atoms. The van der Waals surface area contributed by atoms with E-state index >= 15 is 0 Å². The molecule has 2 aliphatic rings. The second-order valence-electron chi connectivity index (χ2n) is 8.44. The molecule has 1 fully saturated rings. The van der Waals surface area contributed by atoms with Crippen molar-refractivity contribution in [2.45, 2.75) is 56.1 Å². The van der Waals surface area contributed by atoms with Crippen molar-refractivity contribution in [3.63, 3.8) is 0 Å². The second-order valence-corrected chi connectivity index (χ2v) is 8.44. The minimum absolute atomic E-state index is 0.00747. The summed E-state index contributed by atoms with van der Waals surface area (Å²) in [6.45, 7) is 3.77. The van der Waals surface area contributed by atoms with Crippen LogP contribution >= 0.6 is 0 Å². The van der Waals surface area contributed by atoms with Gasteiger partial charge in [-0.1, -0.05) is 43.3 Å². The molecule has 4 rings (SSSR count). The normalized spacial score (nSPS) is 35.4. The van der Waals surface area contributed by atoms with Gasteiger partial charge in [-0.25, -0.2) is 0 Å². The quantitative estimate of drug-likeness (QED) is 0.758. The molecule has 0 amide bonds. The highest BCUT2D eigenvalue weighted by Gasteiger charge is 2.61. The molecule has 4 nitrogen and oxygen atoms in total. The SMILES string of the molecule is CC[C@@]12C[C@@](C)(O)[C@](O)(c3ccccc3)C[C@H]1CC(=O)c1cc(O)ccc12. The van der Waals surface area contributed by atoms with Crippen molar-refractivity contribution in [1.29, 1.82) is 0 Å². The minimum atomic E-state index is -1.41. The highest BCUT2D eigenvalue weighted by Crippen LogP contribution is 2.60. The number of hydrogen-bond acceptors (Lipinski definition) is 4. The zero-order valence-electron chi connectivity index (χ0n) is 15.8. The van der Waals surface area contributed by atoms with Crippen molar-refractivity contribution in [2.75, 3.05) is 0 Å². The smallest absolute Gasteiger partial charge is 0.163 e. The van der Waals surface area contributed by atoms with Gasteiger partial charge in [0.2, 0.25) is 0 Å². The summed E-state index contributed by atoms with van der Waals surface area (Å²) in [5, 5.41) is 32.9. The van der Waals surface area contributed by atoms with E-state index < -0.39 is 16.6 Å². The molecule has 3 N–H and O–H groups in total. The molecule has 1 saturated carbocycles. The molecular weight excluding hydrogens is 340 g/mol. The molecule has 0 saturated heterocycles. The molecule has 4 heteroatoms. The number of aliphatic hydroxyl groups is 2. The third kappa shape index (κ3) is 2.47. The van der Waals surface area contributed by atoms with Gasteiger partial charge in [0.15, 0.2) is 5.78 Å². The van der Waals surface area contributed by atoms with Gasteiger partial charge >= 0.3 is 0 Å². The lowest BCUT2D eigenvalue weighted by Gasteiger charge is -2.58. The zero-order valence-corrected chi connectivity index (χ0v) is 15.8. The van der Waals surface area contributed by atoms with Crippen molar-refractivity contribution in [2.24, 2.45) is 5.92 Å². The Balaban J connectivity index is 1.87. The van der Waals surface area contributed by atoms with Gasteiger partial charge in [-0.15, -0.1) is 0 Å². The monoisotopic (exact) mass is 366 g/mol. The molecule has 2 aliphatic carbocycles. The second kappa shape index (κ2) is 5.91. The highest BCUT2D eigenvalue weighted by atomic mass is 16.4. The fourth-order valence-corrected chi connectivity index (χ4v) is 5.54. The van der Waals surface area contributed by atoms with Crippen molar-refractivity contribution < 1.29 is 20.1 Å². The van der Waals surface area contributed by atoms with E-state index in [4.69, 9.17) is 0 Å². The molecule has 2 aromatic rings. The Kier molecular flexibility index (Phi) is 3.99. The number of fused-ring (bicyclic) bond motifs is 3. The van der Waals surface area contributed by atoms with Crippen LogP contribution in [-0.2, 0) is 11.0 Å². The molecule has 27 heavy (non-hydrogen) atoms. The van der Waals surface area contributed by atoms with Gasteiger partial charge in [0, 0.05) is 17.4 Å². The highest BCUT2D eigenvalue weighted by molar-refractivity contribution is 6.00. The molecular formula is C23H26O4. The first kappa shape index (κ1) is 18.2. The van der Waals surface area contributed by atoms with E-state index in [1.165, 1.54) is 6.07 Å². The number of aromatic hydroxyl groups is 1. The Bertz CT molecular complexity index is 889. The number of phenols is 1. The van der Waals surface area contributed by atoms with E-state index in [1.54, 1.807) is 13.0 Å². The van der Waals surface area contributed by atoms with E-state index in [0.29, 0.717) is 30.4 Å². The molecule has 0 radical (unpaired) electrons. The molecule has 0 aromatic heterocycles. The summed E-state index contributed by atoms with van der Waals surface area (Å²) in [5.74, 6) is -0.000401. The van der Waals surface area contributed by atoms with Crippen LogP contribution in [0.5, 0.6) is 5.75 Å². The first-order valence-corrected chi connectivity index (χ1v) is 9.60. The van der Waals surface area contributed by atoms with Crippen LogP contribution < -0.4 is 0 Å². The van der Waals surface area contributed by atoms with Gasteiger partial charge < -0.3 is 15.3 Å². The lowest BCUT2D eigenvalue weighted by Crippen LogP contribution is -2.62. The van der Waals surface area contributed by atoms with E-state index in [2.05, 4.69) is 6.92 Å². The number of Topliss-reactive ketones (excluding diaryl/α,β-unsaturated/α-hetero) is 1. The van der Waals surface area contributed by atoms with Gasteiger partial charge in [0.25, 0.3) is 0 Å². The maximum atomic E-state index is 12.8. The van der Waals surface area contributed by atoms with Crippen molar-refractivity contribution in [3.05, 3.63) is 65.2 Å². The number of rotatable bonds is 2. The Morgan fingerprint density at radius 2 is 1.81 bits per heavy atom. The summed E-state index contributed by atoms with van der Waals surface area (Å²) in [4.78, 5) is 12.8. The van der Waals surface area contributed by atoms with Gasteiger partial charge in [0.05, 0.1) is 5.60 Å². The largest absolute Gasteiger partial charge is 0.508 e. The number of carbonyl (C=O) groups excluding carboxylic acids is 1. The zero-order chi connectivity index (χ0) is 19.4. The lowest BCUT2D eigenvalue weighted by atomic mass is 9.48. The number of phenolic OH excluding ortho intramolecular Hbond substituents is 1. The lowest BCUT2D eigenvalue weighted by molar-refractivity contribution is -0.203. The summed E-state index contributed by atoms with van der Waals surface area (Å²) < 4.78 is 0.